The molecule has 2 atom stereocenters. The number of nitrogens with two attached hydrogens (primary N) is 1. The predicted molar refractivity (Wildman–Crippen MR) is 167 cm³/mol. The lowest BCUT2D eigenvalue weighted by Gasteiger charge is -2.31. The standard InChI is InChI=1S/C34H31F4N5O6/c1-32(31(46)41-12-10-26(39)44)17-48-29-23(32)15-25(43-28(29)18-4-6-21(35)7-5-18)33(47,34(36,37)38)16-42-30(45)20-13-19-3-2-11-40-27(19)24(14-20)49-22-8-9-22/h2-7,11,13-15,22,47H,8-10,12,16-17H2,1H3,(H2,39,44)(H,41,46)(H,42,45)/t32-,33-/m0/s1. The summed E-state index contributed by atoms with van der Waals surface area (Å²) in [5.41, 5.74) is -0.808. The Labute approximate surface area is 276 Å². The third-order valence-electron chi connectivity index (χ3n) is 8.50. The van der Waals surface area contributed by atoms with E-state index < -0.39 is 53.0 Å². The summed E-state index contributed by atoms with van der Waals surface area (Å²) < 4.78 is 70.3. The molecular weight excluding hydrogens is 650 g/mol. The SMILES string of the molecule is C[C@]1(C(=O)NCCC(N)=O)COc2c1cc([C@@](O)(CNC(=O)c1cc(OC3CC3)c3ncccc3c1)C(F)(F)F)nc2-c1ccc(F)cc1. The molecule has 11 nitrogen and oxygen atoms in total. The number of benzene rings is 2. The first kappa shape index (κ1) is 33.6. The van der Waals surface area contributed by atoms with Crippen LogP contribution in [-0.4, -0.2) is 64.8 Å². The Balaban J connectivity index is 1.39. The van der Waals surface area contributed by atoms with Crippen molar-refractivity contribution in [1.29, 1.82) is 0 Å². The molecular formula is C34H31F4N5O6. The lowest BCUT2D eigenvalue weighted by Crippen LogP contribution is -2.52. The molecule has 49 heavy (non-hydrogen) atoms. The maximum Gasteiger partial charge on any atom is 0.424 e. The van der Waals surface area contributed by atoms with E-state index in [1.807, 2.05) is 0 Å². The Morgan fingerprint density at radius 1 is 1.10 bits per heavy atom. The van der Waals surface area contributed by atoms with Gasteiger partial charge >= 0.3 is 6.18 Å². The molecule has 5 N–H and O–H groups in total. The van der Waals surface area contributed by atoms with Crippen LogP contribution in [0.5, 0.6) is 11.5 Å². The van der Waals surface area contributed by atoms with E-state index in [2.05, 4.69) is 20.6 Å². The highest BCUT2D eigenvalue weighted by Gasteiger charge is 2.58. The average Bonchev–Trinajstić information content (AvgIpc) is 3.82. The van der Waals surface area contributed by atoms with Gasteiger partial charge in [-0.1, -0.05) is 6.07 Å². The Hall–Kier alpha value is -5.31. The van der Waals surface area contributed by atoms with Gasteiger partial charge in [0.1, 0.15) is 40.5 Å². The molecule has 256 valence electrons. The summed E-state index contributed by atoms with van der Waals surface area (Å²) in [6, 6.07) is 11.7. The fourth-order valence-corrected chi connectivity index (χ4v) is 5.47. The minimum atomic E-state index is -5.39. The van der Waals surface area contributed by atoms with Crippen LogP contribution < -0.4 is 25.8 Å². The molecule has 1 saturated carbocycles. The van der Waals surface area contributed by atoms with Gasteiger partial charge in [-0.3, -0.25) is 19.4 Å². The van der Waals surface area contributed by atoms with Crippen molar-refractivity contribution in [1.82, 2.24) is 20.6 Å². The first-order valence-electron chi connectivity index (χ1n) is 15.3. The number of nitrogens with one attached hydrogen (secondary N) is 2. The van der Waals surface area contributed by atoms with Crippen LogP contribution in [0.3, 0.4) is 0 Å². The molecule has 0 bridgehead atoms. The third kappa shape index (κ3) is 6.57. The zero-order valence-electron chi connectivity index (χ0n) is 26.1. The number of fused-ring (bicyclic) bond motifs is 2. The molecule has 0 unspecified atom stereocenters. The number of aliphatic hydroxyl groups is 1. The molecule has 15 heteroatoms. The number of halogens is 4. The zero-order valence-corrected chi connectivity index (χ0v) is 26.1. The summed E-state index contributed by atoms with van der Waals surface area (Å²) in [4.78, 5) is 46.4. The van der Waals surface area contributed by atoms with Crippen LogP contribution in [0.4, 0.5) is 17.6 Å². The summed E-state index contributed by atoms with van der Waals surface area (Å²) in [6.07, 6.45) is -2.45. The molecule has 0 saturated heterocycles. The number of hydrogen-bond donors (Lipinski definition) is 4. The fraction of sp³-hybridized carbons (Fsp3) is 0.324. The lowest BCUT2D eigenvalue weighted by molar-refractivity contribution is -0.265. The van der Waals surface area contributed by atoms with Gasteiger partial charge < -0.3 is 30.9 Å². The molecule has 2 aromatic heterocycles. The first-order chi connectivity index (χ1) is 23.2. The van der Waals surface area contributed by atoms with Crippen LogP contribution in [0, 0.1) is 5.82 Å². The minimum Gasteiger partial charge on any atom is -0.489 e. The van der Waals surface area contributed by atoms with Crippen molar-refractivity contribution in [3.8, 4) is 22.8 Å². The Morgan fingerprint density at radius 3 is 2.51 bits per heavy atom. The number of primary amides is 1. The van der Waals surface area contributed by atoms with Crippen molar-refractivity contribution in [2.75, 3.05) is 19.7 Å². The van der Waals surface area contributed by atoms with E-state index in [1.165, 1.54) is 31.2 Å². The van der Waals surface area contributed by atoms with Crippen molar-refractivity contribution in [2.24, 2.45) is 5.73 Å². The highest BCUT2D eigenvalue weighted by atomic mass is 19.4. The van der Waals surface area contributed by atoms with Crippen molar-refractivity contribution in [2.45, 2.75) is 49.5 Å². The van der Waals surface area contributed by atoms with Gasteiger partial charge in [-0.05, 0) is 68.3 Å². The highest BCUT2D eigenvalue weighted by molar-refractivity contribution is 6.00. The normalized spacial score (nSPS) is 18.2. The van der Waals surface area contributed by atoms with E-state index in [9.17, 15) is 37.1 Å². The maximum atomic E-state index is 14.9. The average molecular weight is 682 g/mol. The summed E-state index contributed by atoms with van der Waals surface area (Å²) in [5, 5.41) is 16.7. The molecule has 0 radical (unpaired) electrons. The van der Waals surface area contributed by atoms with Gasteiger partial charge in [-0.15, -0.1) is 0 Å². The molecule has 2 aromatic carbocycles. The van der Waals surface area contributed by atoms with Gasteiger partial charge in [-0.25, -0.2) is 9.37 Å². The number of amides is 3. The number of aromatic nitrogens is 2. The molecule has 4 aromatic rings. The third-order valence-corrected chi connectivity index (χ3v) is 8.50. The molecule has 1 aliphatic heterocycles. The summed E-state index contributed by atoms with van der Waals surface area (Å²) in [7, 11) is 0. The number of pyridine rings is 2. The smallest absolute Gasteiger partial charge is 0.424 e. The van der Waals surface area contributed by atoms with E-state index in [0.29, 0.717) is 16.7 Å². The van der Waals surface area contributed by atoms with Crippen molar-refractivity contribution in [3.05, 3.63) is 83.4 Å². The predicted octanol–water partition coefficient (Wildman–Crippen LogP) is 3.80. The van der Waals surface area contributed by atoms with E-state index in [0.717, 1.165) is 31.0 Å². The number of rotatable bonds is 11. The van der Waals surface area contributed by atoms with Crippen molar-refractivity contribution < 1.29 is 46.5 Å². The maximum absolute atomic E-state index is 14.9. The first-order valence-corrected chi connectivity index (χ1v) is 15.3. The van der Waals surface area contributed by atoms with Crippen LogP contribution in [0.25, 0.3) is 22.2 Å². The van der Waals surface area contributed by atoms with Crippen LogP contribution in [0.2, 0.25) is 0 Å². The second-order valence-corrected chi connectivity index (χ2v) is 12.2. The van der Waals surface area contributed by atoms with Crippen molar-refractivity contribution in [3.63, 3.8) is 0 Å². The van der Waals surface area contributed by atoms with Gasteiger partial charge in [0.25, 0.3) is 5.91 Å². The van der Waals surface area contributed by atoms with Gasteiger partial charge in [-0.2, -0.15) is 13.2 Å². The van der Waals surface area contributed by atoms with Crippen LogP contribution in [-0.2, 0) is 20.6 Å². The number of alkyl halides is 3. The number of hydrogen-bond acceptors (Lipinski definition) is 8. The molecule has 3 amide bonds. The number of ether oxygens (including phenoxy) is 2. The quantitative estimate of drug-likeness (QED) is 0.174. The van der Waals surface area contributed by atoms with Gasteiger partial charge in [0.2, 0.25) is 17.4 Å². The molecule has 6 rings (SSSR count). The molecule has 0 spiro atoms. The topological polar surface area (TPSA) is 166 Å². The van der Waals surface area contributed by atoms with Crippen LogP contribution >= 0.6 is 0 Å². The lowest BCUT2D eigenvalue weighted by atomic mass is 9.81. The van der Waals surface area contributed by atoms with E-state index in [4.69, 9.17) is 15.2 Å². The minimum absolute atomic E-state index is 0.0248. The summed E-state index contributed by atoms with van der Waals surface area (Å²) in [6.45, 7) is -0.414. The largest absolute Gasteiger partial charge is 0.489 e. The van der Waals surface area contributed by atoms with Crippen molar-refractivity contribution >= 4 is 28.6 Å². The second kappa shape index (κ2) is 12.6. The Morgan fingerprint density at radius 2 is 1.84 bits per heavy atom. The van der Waals surface area contributed by atoms with Crippen LogP contribution in [0.1, 0.15) is 47.8 Å². The zero-order chi connectivity index (χ0) is 35.1. The number of carbonyl (C=O) groups excluding carboxylic acids is 3. The Kier molecular flexibility index (Phi) is 8.65. The fourth-order valence-electron chi connectivity index (χ4n) is 5.47. The number of nitrogens with zero attached hydrogens (tertiary/aromatic N) is 2. The van der Waals surface area contributed by atoms with Gasteiger partial charge in [0.15, 0.2) is 0 Å². The Bertz CT molecular complexity index is 1950. The molecule has 1 fully saturated rings. The monoisotopic (exact) mass is 681 g/mol. The van der Waals surface area contributed by atoms with Gasteiger partial charge in [0.05, 0.1) is 18.3 Å². The molecule has 1 aliphatic carbocycles. The number of carbonyl (C=O) groups is 3. The summed E-state index contributed by atoms with van der Waals surface area (Å²) in [5.74, 6) is -2.67. The van der Waals surface area contributed by atoms with Crippen LogP contribution in [0.15, 0.2) is 60.8 Å². The van der Waals surface area contributed by atoms with E-state index in [1.54, 1.807) is 18.3 Å². The van der Waals surface area contributed by atoms with E-state index in [-0.39, 0.29) is 53.8 Å². The molecule has 3 heterocycles. The second-order valence-electron chi connectivity index (χ2n) is 12.2. The summed E-state index contributed by atoms with van der Waals surface area (Å²) >= 11 is 0. The highest BCUT2D eigenvalue weighted by Crippen LogP contribution is 2.48. The molecule has 2 aliphatic rings. The van der Waals surface area contributed by atoms with E-state index >= 15 is 0 Å². The van der Waals surface area contributed by atoms with Gasteiger partial charge in [0, 0.05) is 41.2 Å².